The lowest BCUT2D eigenvalue weighted by molar-refractivity contribution is 0.342. The molecule has 2 rings (SSSR count). The molecule has 0 aromatic carbocycles. The summed E-state index contributed by atoms with van der Waals surface area (Å²) in [5, 5.41) is 0. The van der Waals surface area contributed by atoms with Crippen molar-refractivity contribution < 1.29 is 8.42 Å². The number of halogens is 3. The van der Waals surface area contributed by atoms with Crippen molar-refractivity contribution in [3.05, 3.63) is 14.7 Å². The Hall–Kier alpha value is 0.480. The van der Waals surface area contributed by atoms with E-state index in [1.165, 1.54) is 6.07 Å². The third-order valence-corrected chi connectivity index (χ3v) is 7.22. The van der Waals surface area contributed by atoms with Crippen molar-refractivity contribution in [2.24, 2.45) is 5.41 Å². The normalized spacial score (nSPS) is 18.9. The van der Waals surface area contributed by atoms with Gasteiger partial charge in [0.15, 0.2) is 0 Å². The molecule has 19 heavy (non-hydrogen) atoms. The first kappa shape index (κ1) is 15.9. The monoisotopic (exact) mass is 361 g/mol. The van der Waals surface area contributed by atoms with Crippen molar-refractivity contribution in [1.29, 1.82) is 0 Å². The summed E-state index contributed by atoms with van der Waals surface area (Å²) >= 11 is 18.7. The molecule has 0 atom stereocenters. The molecule has 1 N–H and O–H groups in total. The van der Waals surface area contributed by atoms with Gasteiger partial charge in [0.05, 0.1) is 4.34 Å². The number of sulfonamides is 1. The highest BCUT2D eigenvalue weighted by Gasteiger charge is 2.34. The second-order valence-corrected chi connectivity index (χ2v) is 9.14. The number of thiophene rings is 1. The predicted octanol–water partition coefficient (Wildman–Crippen LogP) is 4.13. The van der Waals surface area contributed by atoms with Gasteiger partial charge in [-0.25, -0.2) is 13.1 Å². The van der Waals surface area contributed by atoms with Crippen LogP contribution >= 0.6 is 46.1 Å². The summed E-state index contributed by atoms with van der Waals surface area (Å²) in [6.07, 6.45) is 4.10. The van der Waals surface area contributed by atoms with Gasteiger partial charge >= 0.3 is 0 Å². The molecule has 0 radical (unpaired) electrons. The lowest BCUT2D eigenvalue weighted by Crippen LogP contribution is -2.37. The van der Waals surface area contributed by atoms with Crippen LogP contribution in [-0.4, -0.2) is 20.8 Å². The van der Waals surface area contributed by atoms with E-state index in [9.17, 15) is 8.42 Å². The smallest absolute Gasteiger partial charge is 0.210 e. The van der Waals surface area contributed by atoms with Gasteiger partial charge in [0.25, 0.3) is 0 Å². The second-order valence-electron chi connectivity index (χ2n) is 4.85. The van der Waals surface area contributed by atoms with E-state index >= 15 is 0 Å². The first-order valence-electron chi connectivity index (χ1n) is 5.89. The van der Waals surface area contributed by atoms with Crippen LogP contribution in [0.4, 0.5) is 0 Å². The Morgan fingerprint density at radius 1 is 1.32 bits per heavy atom. The van der Waals surface area contributed by atoms with Gasteiger partial charge in [-0.1, -0.05) is 36.0 Å². The van der Waals surface area contributed by atoms with Crippen LogP contribution in [0.1, 0.15) is 25.7 Å². The average Bonchev–Trinajstić information content (AvgIpc) is 2.95. The van der Waals surface area contributed by atoms with E-state index in [2.05, 4.69) is 4.72 Å². The summed E-state index contributed by atoms with van der Waals surface area (Å²) in [7, 11) is -3.62. The maximum atomic E-state index is 12.2. The molecule has 1 heterocycles. The maximum Gasteiger partial charge on any atom is 0.242 e. The molecule has 0 unspecified atom stereocenters. The fraction of sp³-hybridized carbons (Fsp3) is 0.636. The average molecular weight is 363 g/mol. The van der Waals surface area contributed by atoms with E-state index in [1.807, 2.05) is 0 Å². The molecular formula is C11H14Cl3NO2S2. The Balaban J connectivity index is 2.12. The Kier molecular flexibility index (Phi) is 5.07. The molecule has 1 aliphatic rings. The van der Waals surface area contributed by atoms with Crippen LogP contribution in [0.2, 0.25) is 8.67 Å². The van der Waals surface area contributed by atoms with Gasteiger partial charge in [-0.05, 0) is 24.3 Å². The number of alkyl halides is 1. The molecule has 0 aliphatic heterocycles. The molecule has 0 bridgehead atoms. The summed E-state index contributed by atoms with van der Waals surface area (Å²) in [6, 6.07) is 1.37. The van der Waals surface area contributed by atoms with Gasteiger partial charge in [0, 0.05) is 12.4 Å². The Morgan fingerprint density at radius 3 is 2.42 bits per heavy atom. The van der Waals surface area contributed by atoms with Gasteiger partial charge in [0.2, 0.25) is 10.0 Å². The third kappa shape index (κ3) is 3.57. The lowest BCUT2D eigenvalue weighted by Gasteiger charge is -2.26. The molecule has 1 fully saturated rings. The van der Waals surface area contributed by atoms with Crippen molar-refractivity contribution in [3.8, 4) is 0 Å². The molecule has 108 valence electrons. The first-order valence-corrected chi connectivity index (χ1v) is 9.48. The lowest BCUT2D eigenvalue weighted by atomic mass is 9.89. The number of hydrogen-bond acceptors (Lipinski definition) is 3. The van der Waals surface area contributed by atoms with Crippen molar-refractivity contribution in [3.63, 3.8) is 0 Å². The number of rotatable bonds is 5. The largest absolute Gasteiger partial charge is 0.242 e. The van der Waals surface area contributed by atoms with Gasteiger partial charge < -0.3 is 0 Å². The SMILES string of the molecule is O=S(=O)(NCC1(CCl)CCCC1)c1cc(Cl)sc1Cl. The predicted molar refractivity (Wildman–Crippen MR) is 81.1 cm³/mol. The van der Waals surface area contributed by atoms with Crippen molar-refractivity contribution in [2.45, 2.75) is 30.6 Å². The summed E-state index contributed by atoms with van der Waals surface area (Å²) in [4.78, 5) is 0.0480. The fourth-order valence-corrected chi connectivity index (χ4v) is 5.98. The van der Waals surface area contributed by atoms with Crippen molar-refractivity contribution >= 4 is 56.2 Å². The summed E-state index contributed by atoms with van der Waals surface area (Å²) in [6.45, 7) is 0.350. The molecular weight excluding hydrogens is 349 g/mol. The Bertz CT molecular complexity index is 550. The molecule has 0 amide bonds. The van der Waals surface area contributed by atoms with Gasteiger partial charge in [-0.2, -0.15) is 0 Å². The highest BCUT2D eigenvalue weighted by atomic mass is 35.5. The number of nitrogens with one attached hydrogen (secondary N) is 1. The summed E-state index contributed by atoms with van der Waals surface area (Å²) < 4.78 is 27.5. The van der Waals surface area contributed by atoms with Crippen LogP contribution in [-0.2, 0) is 10.0 Å². The third-order valence-electron chi connectivity index (χ3n) is 3.50. The molecule has 1 aromatic heterocycles. The maximum absolute atomic E-state index is 12.2. The van der Waals surface area contributed by atoms with E-state index in [1.54, 1.807) is 0 Å². The molecule has 3 nitrogen and oxygen atoms in total. The molecule has 1 aliphatic carbocycles. The minimum absolute atomic E-state index is 0.0480. The highest BCUT2D eigenvalue weighted by molar-refractivity contribution is 7.89. The molecule has 0 saturated heterocycles. The van der Waals surface area contributed by atoms with E-state index in [-0.39, 0.29) is 14.6 Å². The zero-order chi connectivity index (χ0) is 14.1. The van der Waals surface area contributed by atoms with Gasteiger partial charge in [-0.15, -0.1) is 22.9 Å². The minimum Gasteiger partial charge on any atom is -0.210 e. The molecule has 0 spiro atoms. The van der Waals surface area contributed by atoms with Crippen LogP contribution in [0.3, 0.4) is 0 Å². The van der Waals surface area contributed by atoms with E-state index in [0.717, 1.165) is 37.0 Å². The second kappa shape index (κ2) is 6.08. The highest BCUT2D eigenvalue weighted by Crippen LogP contribution is 2.39. The molecule has 8 heteroatoms. The van der Waals surface area contributed by atoms with Crippen LogP contribution in [0, 0.1) is 5.41 Å². The van der Waals surface area contributed by atoms with E-state index < -0.39 is 10.0 Å². The van der Waals surface area contributed by atoms with E-state index in [4.69, 9.17) is 34.8 Å². The standard InChI is InChI=1S/C11H14Cl3NO2S2/c12-6-11(3-1-2-4-11)7-15-19(16,17)8-5-9(13)18-10(8)14/h5,15H,1-4,6-7H2. The van der Waals surface area contributed by atoms with Crippen LogP contribution < -0.4 is 4.72 Å². The van der Waals surface area contributed by atoms with Gasteiger partial charge in [-0.3, -0.25) is 0 Å². The Morgan fingerprint density at radius 2 is 1.95 bits per heavy atom. The summed E-state index contributed by atoms with van der Waals surface area (Å²) in [5.74, 6) is 0.466. The van der Waals surface area contributed by atoms with Crippen LogP contribution in [0.5, 0.6) is 0 Å². The van der Waals surface area contributed by atoms with Crippen LogP contribution in [0.15, 0.2) is 11.0 Å². The topological polar surface area (TPSA) is 46.2 Å². The first-order chi connectivity index (χ1) is 8.88. The zero-order valence-corrected chi connectivity index (χ0v) is 14.0. The fourth-order valence-electron chi connectivity index (χ4n) is 2.32. The minimum atomic E-state index is -3.62. The molecule has 1 saturated carbocycles. The Labute approximate surface area is 132 Å². The van der Waals surface area contributed by atoms with Crippen LogP contribution in [0.25, 0.3) is 0 Å². The van der Waals surface area contributed by atoms with E-state index in [0.29, 0.717) is 16.8 Å². The number of hydrogen-bond donors (Lipinski definition) is 1. The molecule has 1 aromatic rings. The summed E-state index contributed by atoms with van der Waals surface area (Å²) in [5.41, 5.74) is -0.124. The van der Waals surface area contributed by atoms with Crippen molar-refractivity contribution in [2.75, 3.05) is 12.4 Å². The quantitative estimate of drug-likeness (QED) is 0.800. The van der Waals surface area contributed by atoms with Gasteiger partial charge in [0.1, 0.15) is 9.23 Å². The zero-order valence-electron chi connectivity index (χ0n) is 10.1. The van der Waals surface area contributed by atoms with Crippen molar-refractivity contribution in [1.82, 2.24) is 4.72 Å².